The summed E-state index contributed by atoms with van der Waals surface area (Å²) in [5.41, 5.74) is 2.37. The fraction of sp³-hybridized carbons (Fsp3) is 1.00. The summed E-state index contributed by atoms with van der Waals surface area (Å²) < 4.78 is 0. The molecule has 0 aliphatic heterocycles. The molecule has 0 bridgehead atoms. The summed E-state index contributed by atoms with van der Waals surface area (Å²) in [5, 5.41) is 0. The van der Waals surface area contributed by atoms with Gasteiger partial charge in [-0.25, -0.2) is 0 Å². The summed E-state index contributed by atoms with van der Waals surface area (Å²) in [4.78, 5) is 9.55. The van der Waals surface area contributed by atoms with E-state index in [9.17, 15) is 0 Å². The van der Waals surface area contributed by atoms with Crippen molar-refractivity contribution in [3.05, 3.63) is 0 Å². The Morgan fingerprint density at radius 1 is 1.22 bits per heavy atom. The van der Waals surface area contributed by atoms with Gasteiger partial charge in [0.15, 0.2) is 0 Å². The van der Waals surface area contributed by atoms with Gasteiger partial charge in [0.1, 0.15) is 0 Å². The lowest BCUT2D eigenvalue weighted by Crippen LogP contribution is -2.15. The van der Waals surface area contributed by atoms with Crippen LogP contribution in [0.25, 0.3) is 0 Å². The molecule has 1 N–H and O–H groups in total. The average molecular weight is 133 g/mol. The molecule has 0 saturated heterocycles. The molecule has 0 rings (SSSR count). The molecule has 0 saturated carbocycles. The lowest BCUT2D eigenvalue weighted by Gasteiger charge is -2.01. The van der Waals surface area contributed by atoms with Crippen molar-refractivity contribution < 1.29 is 9.68 Å². The van der Waals surface area contributed by atoms with E-state index in [1.807, 2.05) is 6.92 Å². The van der Waals surface area contributed by atoms with Crippen LogP contribution in [0.3, 0.4) is 0 Å². The Bertz CT molecular complexity index is 44.3. The highest BCUT2D eigenvalue weighted by Crippen LogP contribution is 1.84. The molecule has 0 unspecified atom stereocenters. The molecule has 56 valence electrons. The fourth-order valence-corrected chi connectivity index (χ4v) is 0.359. The highest BCUT2D eigenvalue weighted by Gasteiger charge is 1.82. The zero-order valence-electron chi connectivity index (χ0n) is 6.14. The van der Waals surface area contributed by atoms with E-state index in [4.69, 9.17) is 9.68 Å². The Hall–Kier alpha value is -0.120. The molecular weight excluding hydrogens is 118 g/mol. The van der Waals surface area contributed by atoms with Crippen LogP contribution in [0, 0.1) is 0 Å². The first kappa shape index (κ1) is 8.88. The molecule has 0 aromatic rings. The summed E-state index contributed by atoms with van der Waals surface area (Å²) in [6, 6.07) is 0. The van der Waals surface area contributed by atoms with Crippen LogP contribution in [0.15, 0.2) is 0 Å². The quantitative estimate of drug-likeness (QED) is 0.437. The van der Waals surface area contributed by atoms with Crippen LogP contribution in [0.1, 0.15) is 26.7 Å². The predicted octanol–water partition coefficient (Wildman–Crippen LogP) is 1.26. The topological polar surface area (TPSA) is 30.5 Å². The van der Waals surface area contributed by atoms with Gasteiger partial charge in [0.05, 0.1) is 13.2 Å². The van der Waals surface area contributed by atoms with Crippen LogP contribution < -0.4 is 5.64 Å². The Morgan fingerprint density at radius 2 is 2.00 bits per heavy atom. The molecule has 3 heteroatoms. The molecule has 0 aromatic carbocycles. The van der Waals surface area contributed by atoms with Gasteiger partial charge in [-0.2, -0.15) is 0 Å². The van der Waals surface area contributed by atoms with Crippen LogP contribution >= 0.6 is 0 Å². The molecule has 0 atom stereocenters. The minimum Gasteiger partial charge on any atom is -0.277 e. The Labute approximate surface area is 56.2 Å². The van der Waals surface area contributed by atoms with Gasteiger partial charge in [0.25, 0.3) is 0 Å². The molecule has 0 heterocycles. The normalized spacial score (nSPS) is 10.0. The van der Waals surface area contributed by atoms with Crippen LogP contribution in [0.2, 0.25) is 0 Å². The van der Waals surface area contributed by atoms with E-state index < -0.39 is 0 Å². The van der Waals surface area contributed by atoms with Gasteiger partial charge >= 0.3 is 0 Å². The van der Waals surface area contributed by atoms with Crippen molar-refractivity contribution in [3.63, 3.8) is 0 Å². The summed E-state index contributed by atoms with van der Waals surface area (Å²) in [5.74, 6) is 0. The first-order chi connectivity index (χ1) is 4.41. The van der Waals surface area contributed by atoms with Crippen molar-refractivity contribution in [2.45, 2.75) is 26.7 Å². The van der Waals surface area contributed by atoms with E-state index in [1.54, 1.807) is 0 Å². The number of unbranched alkanes of at least 4 members (excludes halogenated alkanes) is 1. The highest BCUT2D eigenvalue weighted by molar-refractivity contribution is 4.26. The second kappa shape index (κ2) is 7.88. The van der Waals surface area contributed by atoms with Crippen molar-refractivity contribution in [1.82, 2.24) is 5.64 Å². The van der Waals surface area contributed by atoms with Crippen LogP contribution in [0.5, 0.6) is 0 Å². The van der Waals surface area contributed by atoms with Crippen molar-refractivity contribution in [2.24, 2.45) is 0 Å². The highest BCUT2D eigenvalue weighted by atomic mass is 16.9. The monoisotopic (exact) mass is 133 g/mol. The fourth-order valence-electron chi connectivity index (χ4n) is 0.359. The molecule has 3 nitrogen and oxygen atoms in total. The van der Waals surface area contributed by atoms with Gasteiger partial charge in [0, 0.05) is 0 Å². The molecular formula is C6H15NO2. The second-order valence-electron chi connectivity index (χ2n) is 1.72. The Balaban J connectivity index is 2.60. The molecule has 0 aliphatic carbocycles. The summed E-state index contributed by atoms with van der Waals surface area (Å²) in [6.07, 6.45) is 2.22. The standard InChI is InChI=1S/C6H15NO2/c1-3-5-6-9-7-8-4-2/h7H,3-6H2,1-2H3. The maximum atomic E-state index is 4.84. The summed E-state index contributed by atoms with van der Waals surface area (Å²) in [7, 11) is 0. The van der Waals surface area contributed by atoms with E-state index in [-0.39, 0.29) is 0 Å². The van der Waals surface area contributed by atoms with E-state index >= 15 is 0 Å². The average Bonchev–Trinajstić information content (AvgIpc) is 1.89. The second-order valence-corrected chi connectivity index (χ2v) is 1.72. The van der Waals surface area contributed by atoms with Crippen LogP contribution in [-0.2, 0) is 9.68 Å². The zero-order chi connectivity index (χ0) is 6.95. The molecule has 0 fully saturated rings. The van der Waals surface area contributed by atoms with Gasteiger partial charge in [-0.15, -0.1) is 0 Å². The molecule has 9 heavy (non-hydrogen) atoms. The van der Waals surface area contributed by atoms with Gasteiger partial charge < -0.3 is 0 Å². The molecule has 0 aliphatic rings. The Kier molecular flexibility index (Phi) is 7.77. The van der Waals surface area contributed by atoms with Crippen molar-refractivity contribution in [3.8, 4) is 0 Å². The minimum atomic E-state index is 0.631. The number of hydrogen-bond acceptors (Lipinski definition) is 3. The van der Waals surface area contributed by atoms with E-state index in [0.717, 1.165) is 19.4 Å². The molecule has 0 aromatic heterocycles. The number of rotatable bonds is 6. The summed E-state index contributed by atoms with van der Waals surface area (Å²) in [6.45, 7) is 5.36. The van der Waals surface area contributed by atoms with Crippen LogP contribution in [0.4, 0.5) is 0 Å². The minimum absolute atomic E-state index is 0.631. The Morgan fingerprint density at radius 3 is 2.56 bits per heavy atom. The third kappa shape index (κ3) is 7.88. The third-order valence-electron chi connectivity index (χ3n) is 0.862. The first-order valence-electron chi connectivity index (χ1n) is 3.40. The smallest absolute Gasteiger partial charge is 0.0709 e. The summed E-state index contributed by atoms with van der Waals surface area (Å²) >= 11 is 0. The maximum absolute atomic E-state index is 4.84. The zero-order valence-corrected chi connectivity index (χ0v) is 6.14. The molecule has 0 spiro atoms. The largest absolute Gasteiger partial charge is 0.277 e. The maximum Gasteiger partial charge on any atom is 0.0709 e. The third-order valence-corrected chi connectivity index (χ3v) is 0.862. The number of hydrogen-bond donors (Lipinski definition) is 1. The van der Waals surface area contributed by atoms with E-state index in [1.165, 1.54) is 0 Å². The van der Waals surface area contributed by atoms with Gasteiger partial charge in [-0.05, 0) is 13.3 Å². The van der Waals surface area contributed by atoms with E-state index in [2.05, 4.69) is 12.6 Å². The van der Waals surface area contributed by atoms with Crippen LogP contribution in [-0.4, -0.2) is 13.2 Å². The lowest BCUT2D eigenvalue weighted by molar-refractivity contribution is -0.167. The number of nitrogens with one attached hydrogen (secondary N) is 1. The first-order valence-corrected chi connectivity index (χ1v) is 3.40. The van der Waals surface area contributed by atoms with Crippen molar-refractivity contribution >= 4 is 0 Å². The SMILES string of the molecule is CCCCONOCC. The van der Waals surface area contributed by atoms with Gasteiger partial charge in [-0.3, -0.25) is 9.68 Å². The molecule has 0 amide bonds. The van der Waals surface area contributed by atoms with E-state index in [0.29, 0.717) is 6.61 Å². The molecule has 0 radical (unpaired) electrons. The van der Waals surface area contributed by atoms with Crippen molar-refractivity contribution in [1.29, 1.82) is 0 Å². The van der Waals surface area contributed by atoms with Crippen molar-refractivity contribution in [2.75, 3.05) is 13.2 Å². The lowest BCUT2D eigenvalue weighted by atomic mass is 10.4. The predicted molar refractivity (Wildman–Crippen MR) is 35.6 cm³/mol. The van der Waals surface area contributed by atoms with Gasteiger partial charge in [-0.1, -0.05) is 19.0 Å². The van der Waals surface area contributed by atoms with Gasteiger partial charge in [0.2, 0.25) is 0 Å².